The summed E-state index contributed by atoms with van der Waals surface area (Å²) in [5.41, 5.74) is 0.761. The van der Waals surface area contributed by atoms with Crippen molar-refractivity contribution in [3.8, 4) is 5.69 Å². The van der Waals surface area contributed by atoms with E-state index >= 15 is 0 Å². The molecule has 3 rings (SSSR count). The number of aromatic nitrogens is 4. The van der Waals surface area contributed by atoms with Crippen LogP contribution in [0.5, 0.6) is 0 Å². The molecule has 0 saturated heterocycles. The summed E-state index contributed by atoms with van der Waals surface area (Å²) in [6.07, 6.45) is 0. The van der Waals surface area contributed by atoms with Gasteiger partial charge in [0.1, 0.15) is 5.82 Å². The third-order valence-corrected chi connectivity index (χ3v) is 4.10. The highest BCUT2D eigenvalue weighted by molar-refractivity contribution is 7.99. The summed E-state index contributed by atoms with van der Waals surface area (Å²) in [6.45, 7) is 0. The number of carbonyl (C=O) groups is 1. The van der Waals surface area contributed by atoms with Crippen LogP contribution in [0.2, 0.25) is 0 Å². The third kappa shape index (κ3) is 4.19. The predicted octanol–water partition coefficient (Wildman–Crippen LogP) is 2.44. The zero-order valence-corrected chi connectivity index (χ0v) is 13.9. The quantitative estimate of drug-likeness (QED) is 0.400. The topological polar surface area (TPSA) is 116 Å². The second-order valence-corrected chi connectivity index (χ2v) is 5.94. The Balaban J connectivity index is 1.64. The summed E-state index contributed by atoms with van der Waals surface area (Å²) in [5.74, 6) is -0.763. The van der Waals surface area contributed by atoms with E-state index in [0.29, 0.717) is 16.5 Å². The first-order valence-corrected chi connectivity index (χ1v) is 8.23. The number of halogens is 1. The lowest BCUT2D eigenvalue weighted by molar-refractivity contribution is -0.384. The first-order valence-electron chi connectivity index (χ1n) is 7.24. The lowest BCUT2D eigenvalue weighted by Crippen LogP contribution is -2.14. The van der Waals surface area contributed by atoms with E-state index in [4.69, 9.17) is 0 Å². The second-order valence-electron chi connectivity index (χ2n) is 4.99. The van der Waals surface area contributed by atoms with Crippen molar-refractivity contribution in [2.24, 2.45) is 0 Å². The van der Waals surface area contributed by atoms with Gasteiger partial charge in [-0.05, 0) is 40.8 Å². The molecule has 0 aliphatic heterocycles. The number of carbonyl (C=O) groups excluding carboxylic acids is 1. The van der Waals surface area contributed by atoms with Crippen molar-refractivity contribution in [1.82, 2.24) is 20.2 Å². The van der Waals surface area contributed by atoms with Gasteiger partial charge in [-0.2, -0.15) is 4.68 Å². The van der Waals surface area contributed by atoms with Crippen molar-refractivity contribution in [1.29, 1.82) is 0 Å². The minimum atomic E-state index is -0.540. The minimum absolute atomic E-state index is 0.00966. The molecule has 0 unspecified atom stereocenters. The first kappa shape index (κ1) is 17.5. The molecule has 2 aromatic carbocycles. The molecule has 11 heteroatoms. The first-order chi connectivity index (χ1) is 12.5. The van der Waals surface area contributed by atoms with Crippen molar-refractivity contribution in [2.45, 2.75) is 5.16 Å². The highest BCUT2D eigenvalue weighted by atomic mass is 32.2. The van der Waals surface area contributed by atoms with Crippen LogP contribution in [-0.2, 0) is 4.79 Å². The smallest absolute Gasteiger partial charge is 0.271 e. The van der Waals surface area contributed by atoms with Gasteiger partial charge in [0.25, 0.3) is 5.69 Å². The van der Waals surface area contributed by atoms with E-state index in [0.717, 1.165) is 11.8 Å². The standard InChI is InChI=1S/C15H11FN6O3S/c16-10-4-6-12(7-5-10)21-15(18-19-20-21)26-9-14(23)17-11-2-1-3-13(8-11)22(24)25/h1-8H,9H2,(H,17,23). The lowest BCUT2D eigenvalue weighted by Gasteiger charge is -2.06. The van der Waals surface area contributed by atoms with Crippen LogP contribution in [0.15, 0.2) is 53.7 Å². The Morgan fingerprint density at radius 3 is 2.77 bits per heavy atom. The van der Waals surface area contributed by atoms with Gasteiger partial charge in [0.05, 0.1) is 16.4 Å². The van der Waals surface area contributed by atoms with E-state index in [9.17, 15) is 19.3 Å². The van der Waals surface area contributed by atoms with Crippen molar-refractivity contribution >= 4 is 29.0 Å². The van der Waals surface area contributed by atoms with E-state index < -0.39 is 4.92 Å². The number of hydrogen-bond donors (Lipinski definition) is 1. The number of nitro benzene ring substituents is 1. The average Bonchev–Trinajstić information content (AvgIpc) is 3.09. The fourth-order valence-corrected chi connectivity index (χ4v) is 2.73. The van der Waals surface area contributed by atoms with Gasteiger partial charge < -0.3 is 5.32 Å². The normalized spacial score (nSPS) is 10.5. The van der Waals surface area contributed by atoms with Crippen LogP contribution in [0.3, 0.4) is 0 Å². The molecule has 0 fully saturated rings. The summed E-state index contributed by atoms with van der Waals surface area (Å²) in [5, 5.41) is 24.9. The maximum atomic E-state index is 13.0. The largest absolute Gasteiger partial charge is 0.325 e. The molecule has 3 aromatic rings. The number of tetrazole rings is 1. The summed E-state index contributed by atoms with van der Waals surface area (Å²) >= 11 is 1.08. The molecular formula is C15H11FN6O3S. The summed E-state index contributed by atoms with van der Waals surface area (Å²) in [7, 11) is 0. The van der Waals surface area contributed by atoms with Crippen LogP contribution in [0.4, 0.5) is 15.8 Å². The Morgan fingerprint density at radius 2 is 2.04 bits per heavy atom. The molecule has 1 amide bonds. The van der Waals surface area contributed by atoms with E-state index in [1.54, 1.807) is 6.07 Å². The van der Waals surface area contributed by atoms with E-state index in [2.05, 4.69) is 20.8 Å². The second kappa shape index (κ2) is 7.70. The molecule has 0 bridgehead atoms. The third-order valence-electron chi connectivity index (χ3n) is 3.19. The summed E-state index contributed by atoms with van der Waals surface area (Å²) in [6, 6.07) is 11.2. The molecule has 0 saturated carbocycles. The molecule has 0 radical (unpaired) electrons. The number of nitrogens with zero attached hydrogens (tertiary/aromatic N) is 5. The lowest BCUT2D eigenvalue weighted by atomic mass is 10.3. The zero-order chi connectivity index (χ0) is 18.5. The Labute approximate surface area is 150 Å². The number of hydrogen-bond acceptors (Lipinski definition) is 7. The number of nitro groups is 1. The molecule has 26 heavy (non-hydrogen) atoms. The number of non-ortho nitro benzene ring substituents is 1. The van der Waals surface area contributed by atoms with Crippen LogP contribution in [0, 0.1) is 15.9 Å². The fourth-order valence-electron chi connectivity index (χ4n) is 2.04. The van der Waals surface area contributed by atoms with Crippen molar-refractivity contribution < 1.29 is 14.1 Å². The molecule has 0 aliphatic carbocycles. The number of anilines is 1. The Bertz CT molecular complexity index is 947. The number of benzene rings is 2. The minimum Gasteiger partial charge on any atom is -0.325 e. The van der Waals surface area contributed by atoms with Crippen LogP contribution in [-0.4, -0.2) is 36.8 Å². The van der Waals surface area contributed by atoms with Gasteiger partial charge in [0.2, 0.25) is 11.1 Å². The Kier molecular flexibility index (Phi) is 5.17. The van der Waals surface area contributed by atoms with Gasteiger partial charge in [-0.15, -0.1) is 5.10 Å². The maximum Gasteiger partial charge on any atom is 0.271 e. The molecule has 9 nitrogen and oxygen atoms in total. The SMILES string of the molecule is O=C(CSc1nnnn1-c1ccc(F)cc1)Nc1cccc([N+](=O)[O-])c1. The summed E-state index contributed by atoms with van der Waals surface area (Å²) < 4.78 is 14.4. The van der Waals surface area contributed by atoms with Gasteiger partial charge in [0, 0.05) is 17.8 Å². The van der Waals surface area contributed by atoms with Crippen LogP contribution < -0.4 is 5.32 Å². The van der Waals surface area contributed by atoms with Gasteiger partial charge in [0.15, 0.2) is 0 Å². The van der Waals surface area contributed by atoms with E-state index in [1.165, 1.54) is 47.1 Å². The number of rotatable bonds is 6. The monoisotopic (exact) mass is 374 g/mol. The molecular weight excluding hydrogens is 363 g/mol. The van der Waals surface area contributed by atoms with E-state index in [-0.39, 0.29) is 23.2 Å². The average molecular weight is 374 g/mol. The molecule has 1 heterocycles. The molecule has 132 valence electrons. The molecule has 1 N–H and O–H groups in total. The molecule has 0 aliphatic rings. The Hall–Kier alpha value is -3.34. The van der Waals surface area contributed by atoms with Crippen LogP contribution >= 0.6 is 11.8 Å². The number of nitrogens with one attached hydrogen (secondary N) is 1. The molecule has 0 spiro atoms. The van der Waals surface area contributed by atoms with Gasteiger partial charge in [-0.25, -0.2) is 4.39 Å². The molecule has 0 atom stereocenters. The molecule has 1 aromatic heterocycles. The van der Waals surface area contributed by atoms with Crippen molar-refractivity contribution in [3.63, 3.8) is 0 Å². The van der Waals surface area contributed by atoms with Gasteiger partial charge >= 0.3 is 0 Å². The van der Waals surface area contributed by atoms with Crippen molar-refractivity contribution in [2.75, 3.05) is 11.1 Å². The fraction of sp³-hybridized carbons (Fsp3) is 0.0667. The van der Waals surface area contributed by atoms with Gasteiger partial charge in [-0.1, -0.05) is 17.8 Å². The predicted molar refractivity (Wildman–Crippen MR) is 91.6 cm³/mol. The maximum absolute atomic E-state index is 13.0. The Morgan fingerprint density at radius 1 is 1.27 bits per heavy atom. The van der Waals surface area contributed by atoms with Gasteiger partial charge in [-0.3, -0.25) is 14.9 Å². The number of thioether (sulfide) groups is 1. The van der Waals surface area contributed by atoms with Crippen LogP contribution in [0.1, 0.15) is 0 Å². The van der Waals surface area contributed by atoms with Crippen LogP contribution in [0.25, 0.3) is 5.69 Å². The zero-order valence-electron chi connectivity index (χ0n) is 13.1. The highest BCUT2D eigenvalue weighted by Gasteiger charge is 2.13. The summed E-state index contributed by atoms with van der Waals surface area (Å²) in [4.78, 5) is 22.3. The van der Waals surface area contributed by atoms with E-state index in [1.807, 2.05) is 0 Å². The van der Waals surface area contributed by atoms with Crippen molar-refractivity contribution in [3.05, 3.63) is 64.5 Å². The number of amides is 1. The highest BCUT2D eigenvalue weighted by Crippen LogP contribution is 2.20.